The van der Waals surface area contributed by atoms with Crippen LogP contribution in [0.4, 0.5) is 11.4 Å². The van der Waals surface area contributed by atoms with Crippen molar-refractivity contribution in [2.75, 3.05) is 17.6 Å². The Morgan fingerprint density at radius 3 is 2.60 bits per heavy atom. The van der Waals surface area contributed by atoms with Gasteiger partial charge in [0.15, 0.2) is 0 Å². The molecule has 1 saturated carbocycles. The molecule has 0 aromatic heterocycles. The van der Waals surface area contributed by atoms with E-state index in [-0.39, 0.29) is 30.1 Å². The minimum Gasteiger partial charge on any atom is -0.399 e. The monoisotopic (exact) mass is 365 g/mol. The maximum Gasteiger partial charge on any atom is 0.229 e. The average Bonchev–Trinajstić information content (AvgIpc) is 2.94. The molecule has 3 N–H and O–H groups in total. The highest BCUT2D eigenvalue weighted by atomic mass is 35.5. The highest BCUT2D eigenvalue weighted by Crippen LogP contribution is 2.31. The largest absolute Gasteiger partial charge is 0.399 e. The van der Waals surface area contributed by atoms with E-state index in [0.717, 1.165) is 30.0 Å². The van der Waals surface area contributed by atoms with Gasteiger partial charge in [-0.25, -0.2) is 0 Å². The van der Waals surface area contributed by atoms with E-state index in [1.165, 1.54) is 12.8 Å². The Morgan fingerprint density at radius 2 is 1.92 bits per heavy atom. The lowest BCUT2D eigenvalue weighted by Gasteiger charge is -2.33. The first-order valence-electron chi connectivity index (χ1n) is 8.90. The zero-order chi connectivity index (χ0) is 17.3. The molecule has 1 heterocycles. The number of anilines is 2. The summed E-state index contributed by atoms with van der Waals surface area (Å²) >= 11 is 0. The molecule has 1 aromatic rings. The molecule has 1 saturated heterocycles. The lowest BCUT2D eigenvalue weighted by atomic mass is 9.87. The lowest BCUT2D eigenvalue weighted by molar-refractivity contribution is -0.130. The molecule has 138 valence electrons. The van der Waals surface area contributed by atoms with E-state index in [0.29, 0.717) is 24.7 Å². The smallest absolute Gasteiger partial charge is 0.229 e. The van der Waals surface area contributed by atoms with Crippen molar-refractivity contribution in [3.63, 3.8) is 0 Å². The predicted octanol–water partition coefficient (Wildman–Crippen LogP) is 3.36. The standard InChI is InChI=1S/C19H27N3O2.ClH/c1-12-3-7-16(8-4-12)22-11-14(9-18(22)23)19(24)21-17-10-15(20)6-5-13(17)2;/h5-6,10,12,14,16H,3-4,7-9,11,20H2,1-2H3,(H,21,24);1H. The lowest BCUT2D eigenvalue weighted by Crippen LogP contribution is -2.39. The Morgan fingerprint density at radius 1 is 1.24 bits per heavy atom. The number of aryl methyl sites for hydroxylation is 1. The highest BCUT2D eigenvalue weighted by molar-refractivity contribution is 5.98. The zero-order valence-electron chi connectivity index (χ0n) is 15.0. The van der Waals surface area contributed by atoms with Gasteiger partial charge < -0.3 is 16.0 Å². The molecule has 5 nitrogen and oxygen atoms in total. The van der Waals surface area contributed by atoms with Crippen LogP contribution in [-0.4, -0.2) is 29.3 Å². The van der Waals surface area contributed by atoms with E-state index in [1.807, 2.05) is 24.0 Å². The van der Waals surface area contributed by atoms with Crippen molar-refractivity contribution in [2.24, 2.45) is 11.8 Å². The van der Waals surface area contributed by atoms with Crippen molar-refractivity contribution in [3.8, 4) is 0 Å². The summed E-state index contributed by atoms with van der Waals surface area (Å²) in [6.45, 7) is 4.75. The Hall–Kier alpha value is -1.75. The number of carbonyl (C=O) groups excluding carboxylic acids is 2. The third-order valence-corrected chi connectivity index (χ3v) is 5.47. The number of benzene rings is 1. The molecule has 1 aliphatic heterocycles. The van der Waals surface area contributed by atoms with Gasteiger partial charge in [0.25, 0.3) is 0 Å². The number of nitrogens with one attached hydrogen (secondary N) is 1. The molecular weight excluding hydrogens is 338 g/mol. The summed E-state index contributed by atoms with van der Waals surface area (Å²) in [5.41, 5.74) is 8.12. The van der Waals surface area contributed by atoms with Crippen molar-refractivity contribution < 1.29 is 9.59 Å². The van der Waals surface area contributed by atoms with Gasteiger partial charge in [0.1, 0.15) is 0 Å². The van der Waals surface area contributed by atoms with Crippen LogP contribution in [0.15, 0.2) is 18.2 Å². The molecule has 1 aliphatic carbocycles. The van der Waals surface area contributed by atoms with Crippen molar-refractivity contribution >= 4 is 35.6 Å². The second kappa shape index (κ2) is 8.09. The summed E-state index contributed by atoms with van der Waals surface area (Å²) in [4.78, 5) is 26.9. The van der Waals surface area contributed by atoms with Gasteiger partial charge in [-0.2, -0.15) is 0 Å². The molecule has 6 heteroatoms. The topological polar surface area (TPSA) is 75.4 Å². The molecule has 25 heavy (non-hydrogen) atoms. The quantitative estimate of drug-likeness (QED) is 0.806. The fourth-order valence-corrected chi connectivity index (χ4v) is 3.82. The van der Waals surface area contributed by atoms with Crippen LogP contribution in [0, 0.1) is 18.8 Å². The van der Waals surface area contributed by atoms with Crippen LogP contribution in [0.5, 0.6) is 0 Å². The van der Waals surface area contributed by atoms with Gasteiger partial charge in [-0.1, -0.05) is 13.0 Å². The summed E-state index contributed by atoms with van der Waals surface area (Å²) in [6, 6.07) is 5.79. The molecule has 2 amide bonds. The van der Waals surface area contributed by atoms with E-state index >= 15 is 0 Å². The molecule has 0 bridgehead atoms. The number of hydrogen-bond donors (Lipinski definition) is 2. The minimum absolute atomic E-state index is 0. The highest BCUT2D eigenvalue weighted by Gasteiger charge is 2.38. The van der Waals surface area contributed by atoms with Gasteiger partial charge in [-0.15, -0.1) is 12.4 Å². The normalized spacial score (nSPS) is 26.2. The summed E-state index contributed by atoms with van der Waals surface area (Å²) in [6.07, 6.45) is 4.80. The molecule has 1 aromatic carbocycles. The molecular formula is C19H28ClN3O2. The van der Waals surface area contributed by atoms with Crippen molar-refractivity contribution in [2.45, 2.75) is 52.0 Å². The second-order valence-electron chi connectivity index (χ2n) is 7.42. The average molecular weight is 366 g/mol. The molecule has 3 rings (SSSR count). The third kappa shape index (κ3) is 4.46. The minimum atomic E-state index is -0.266. The zero-order valence-corrected chi connectivity index (χ0v) is 15.8. The maximum atomic E-state index is 12.6. The number of nitrogen functional groups attached to an aromatic ring is 1. The molecule has 1 atom stereocenters. The van der Waals surface area contributed by atoms with Gasteiger partial charge in [0.05, 0.1) is 5.92 Å². The van der Waals surface area contributed by atoms with Gasteiger partial charge in [0, 0.05) is 30.4 Å². The van der Waals surface area contributed by atoms with E-state index < -0.39 is 0 Å². The van der Waals surface area contributed by atoms with Gasteiger partial charge in [-0.3, -0.25) is 9.59 Å². The number of halogens is 1. The van der Waals surface area contributed by atoms with Crippen LogP contribution < -0.4 is 11.1 Å². The SMILES string of the molecule is Cc1ccc(N)cc1NC(=O)C1CC(=O)N(C2CCC(C)CC2)C1.Cl. The summed E-state index contributed by atoms with van der Waals surface area (Å²) in [7, 11) is 0. The van der Waals surface area contributed by atoms with Crippen molar-refractivity contribution in [1.82, 2.24) is 4.90 Å². The molecule has 2 fully saturated rings. The van der Waals surface area contributed by atoms with Crippen LogP contribution in [0.1, 0.15) is 44.6 Å². The van der Waals surface area contributed by atoms with E-state index in [9.17, 15) is 9.59 Å². The van der Waals surface area contributed by atoms with Crippen LogP contribution in [0.2, 0.25) is 0 Å². The Labute approximate surface area is 155 Å². The first-order chi connectivity index (χ1) is 11.4. The maximum absolute atomic E-state index is 12.6. The van der Waals surface area contributed by atoms with E-state index in [2.05, 4.69) is 12.2 Å². The van der Waals surface area contributed by atoms with Crippen LogP contribution in [0.25, 0.3) is 0 Å². The Balaban J connectivity index is 0.00000225. The van der Waals surface area contributed by atoms with Crippen LogP contribution in [-0.2, 0) is 9.59 Å². The number of amides is 2. The van der Waals surface area contributed by atoms with Gasteiger partial charge in [0.2, 0.25) is 11.8 Å². The Kier molecular flexibility index (Phi) is 6.33. The number of rotatable bonds is 3. The van der Waals surface area contributed by atoms with Crippen molar-refractivity contribution in [1.29, 1.82) is 0 Å². The third-order valence-electron chi connectivity index (χ3n) is 5.47. The van der Waals surface area contributed by atoms with Gasteiger partial charge >= 0.3 is 0 Å². The molecule has 0 spiro atoms. The molecule has 1 unspecified atom stereocenters. The first-order valence-corrected chi connectivity index (χ1v) is 8.90. The number of carbonyl (C=O) groups is 2. The Bertz CT molecular complexity index is 642. The van der Waals surface area contributed by atoms with Crippen LogP contribution >= 0.6 is 12.4 Å². The second-order valence-corrected chi connectivity index (χ2v) is 7.42. The fraction of sp³-hybridized carbons (Fsp3) is 0.579. The summed E-state index contributed by atoms with van der Waals surface area (Å²) < 4.78 is 0. The summed E-state index contributed by atoms with van der Waals surface area (Å²) in [5.74, 6) is 0.532. The van der Waals surface area contributed by atoms with E-state index in [1.54, 1.807) is 6.07 Å². The predicted molar refractivity (Wildman–Crippen MR) is 103 cm³/mol. The summed E-state index contributed by atoms with van der Waals surface area (Å²) in [5, 5.41) is 2.95. The number of nitrogens with zero attached hydrogens (tertiary/aromatic N) is 1. The van der Waals surface area contributed by atoms with E-state index in [4.69, 9.17) is 5.73 Å². The van der Waals surface area contributed by atoms with Gasteiger partial charge in [-0.05, 0) is 56.2 Å². The van der Waals surface area contributed by atoms with Crippen molar-refractivity contribution in [3.05, 3.63) is 23.8 Å². The molecule has 2 aliphatic rings. The molecule has 0 radical (unpaired) electrons. The number of nitrogens with two attached hydrogens (primary N) is 1. The van der Waals surface area contributed by atoms with Crippen LogP contribution in [0.3, 0.4) is 0 Å². The first kappa shape index (κ1) is 19.6. The fourth-order valence-electron chi connectivity index (χ4n) is 3.82. The number of hydrogen-bond acceptors (Lipinski definition) is 3. The number of likely N-dealkylation sites (tertiary alicyclic amines) is 1.